The van der Waals surface area contributed by atoms with Crippen LogP contribution in [0.4, 0.5) is 0 Å². The molecular formula is C14H17N3O. The van der Waals surface area contributed by atoms with Crippen LogP contribution in [-0.2, 0) is 17.8 Å². The zero-order valence-corrected chi connectivity index (χ0v) is 10.5. The van der Waals surface area contributed by atoms with Gasteiger partial charge in [0.05, 0.1) is 12.7 Å². The minimum absolute atomic E-state index is 0.0596. The summed E-state index contributed by atoms with van der Waals surface area (Å²) >= 11 is 0. The van der Waals surface area contributed by atoms with E-state index in [0.29, 0.717) is 13.0 Å². The van der Waals surface area contributed by atoms with Crippen molar-refractivity contribution in [1.82, 2.24) is 14.9 Å². The Morgan fingerprint density at radius 1 is 1.39 bits per heavy atom. The van der Waals surface area contributed by atoms with Crippen LogP contribution in [0.1, 0.15) is 11.1 Å². The number of benzene rings is 1. The van der Waals surface area contributed by atoms with Crippen LogP contribution < -0.4 is 5.32 Å². The molecule has 0 fully saturated rings. The fourth-order valence-corrected chi connectivity index (χ4v) is 1.79. The van der Waals surface area contributed by atoms with Gasteiger partial charge in [-0.1, -0.05) is 24.3 Å². The summed E-state index contributed by atoms with van der Waals surface area (Å²) in [5, 5.41) is 2.91. The van der Waals surface area contributed by atoms with Crippen LogP contribution in [0.3, 0.4) is 0 Å². The molecule has 0 saturated carbocycles. The Bertz CT molecular complexity index is 506. The molecule has 0 radical (unpaired) electrons. The average Bonchev–Trinajstić information content (AvgIpc) is 2.85. The van der Waals surface area contributed by atoms with Gasteiger partial charge in [0.1, 0.15) is 0 Å². The Kier molecular flexibility index (Phi) is 4.12. The van der Waals surface area contributed by atoms with Crippen molar-refractivity contribution in [1.29, 1.82) is 0 Å². The van der Waals surface area contributed by atoms with Gasteiger partial charge in [-0.2, -0.15) is 0 Å². The van der Waals surface area contributed by atoms with Gasteiger partial charge in [0, 0.05) is 25.5 Å². The molecule has 1 N–H and O–H groups in total. The van der Waals surface area contributed by atoms with Crippen molar-refractivity contribution in [2.75, 3.05) is 6.54 Å². The molecule has 1 aromatic heterocycles. The molecule has 1 amide bonds. The number of amides is 1. The summed E-state index contributed by atoms with van der Waals surface area (Å²) in [5.74, 6) is 0.0596. The van der Waals surface area contributed by atoms with E-state index in [1.165, 1.54) is 0 Å². The third kappa shape index (κ3) is 3.45. The topological polar surface area (TPSA) is 46.9 Å². The van der Waals surface area contributed by atoms with E-state index in [0.717, 1.165) is 17.7 Å². The van der Waals surface area contributed by atoms with E-state index in [4.69, 9.17) is 0 Å². The largest absolute Gasteiger partial charge is 0.354 e. The molecule has 0 aliphatic heterocycles. The third-order valence-electron chi connectivity index (χ3n) is 2.86. The van der Waals surface area contributed by atoms with Crippen molar-refractivity contribution in [3.63, 3.8) is 0 Å². The first-order chi connectivity index (χ1) is 8.75. The molecule has 0 spiro atoms. The highest BCUT2D eigenvalue weighted by molar-refractivity contribution is 5.78. The fraction of sp³-hybridized carbons (Fsp3) is 0.286. The molecule has 94 valence electrons. The van der Waals surface area contributed by atoms with Gasteiger partial charge in [0.15, 0.2) is 0 Å². The van der Waals surface area contributed by atoms with Crippen molar-refractivity contribution in [3.05, 3.63) is 54.1 Å². The highest BCUT2D eigenvalue weighted by Gasteiger charge is 2.04. The number of hydrogen-bond donors (Lipinski definition) is 1. The molecule has 4 nitrogen and oxygen atoms in total. The molecular weight excluding hydrogens is 226 g/mol. The third-order valence-corrected chi connectivity index (χ3v) is 2.86. The maximum absolute atomic E-state index is 11.8. The molecule has 0 atom stereocenters. The Labute approximate surface area is 107 Å². The summed E-state index contributed by atoms with van der Waals surface area (Å²) in [7, 11) is 0. The monoisotopic (exact) mass is 243 g/mol. The number of imidazole rings is 1. The van der Waals surface area contributed by atoms with Crippen LogP contribution >= 0.6 is 0 Å². The predicted molar refractivity (Wildman–Crippen MR) is 70.1 cm³/mol. The van der Waals surface area contributed by atoms with Crippen LogP contribution in [0.15, 0.2) is 43.0 Å². The quantitative estimate of drug-likeness (QED) is 0.866. The fourth-order valence-electron chi connectivity index (χ4n) is 1.79. The Morgan fingerprint density at radius 2 is 2.22 bits per heavy atom. The number of nitrogens with zero attached hydrogens (tertiary/aromatic N) is 2. The molecule has 2 aromatic rings. The minimum atomic E-state index is 0.0596. The minimum Gasteiger partial charge on any atom is -0.354 e. The Balaban J connectivity index is 1.77. The molecule has 0 unspecified atom stereocenters. The first kappa shape index (κ1) is 12.4. The summed E-state index contributed by atoms with van der Waals surface area (Å²) in [6.07, 6.45) is 5.80. The summed E-state index contributed by atoms with van der Waals surface area (Å²) < 4.78 is 1.94. The standard InChI is InChI=1S/C14H17N3O/c1-12-4-2-3-5-13(12)10-14(18)16-7-9-17-8-6-15-11-17/h2-6,8,11H,7,9-10H2,1H3,(H,16,18). The maximum atomic E-state index is 11.8. The first-order valence-corrected chi connectivity index (χ1v) is 6.02. The van der Waals surface area contributed by atoms with Crippen molar-refractivity contribution >= 4 is 5.91 Å². The molecule has 4 heteroatoms. The number of aryl methyl sites for hydroxylation is 1. The molecule has 0 saturated heterocycles. The lowest BCUT2D eigenvalue weighted by molar-refractivity contribution is -0.120. The van der Waals surface area contributed by atoms with Crippen molar-refractivity contribution in [2.45, 2.75) is 19.9 Å². The average molecular weight is 243 g/mol. The van der Waals surface area contributed by atoms with Gasteiger partial charge in [-0.05, 0) is 18.1 Å². The highest BCUT2D eigenvalue weighted by Crippen LogP contribution is 2.07. The van der Waals surface area contributed by atoms with Gasteiger partial charge in [0.2, 0.25) is 5.91 Å². The summed E-state index contributed by atoms with van der Waals surface area (Å²) in [5.41, 5.74) is 2.24. The molecule has 0 bridgehead atoms. The smallest absolute Gasteiger partial charge is 0.224 e. The number of nitrogens with one attached hydrogen (secondary N) is 1. The summed E-state index contributed by atoms with van der Waals surface area (Å²) in [4.78, 5) is 15.7. The van der Waals surface area contributed by atoms with E-state index in [1.807, 2.05) is 42.0 Å². The number of carbonyl (C=O) groups is 1. The molecule has 1 heterocycles. The predicted octanol–water partition coefficient (Wildman–Crippen LogP) is 1.55. The van der Waals surface area contributed by atoms with Crippen LogP contribution in [0.5, 0.6) is 0 Å². The van der Waals surface area contributed by atoms with E-state index in [9.17, 15) is 4.79 Å². The zero-order valence-electron chi connectivity index (χ0n) is 10.5. The van der Waals surface area contributed by atoms with Gasteiger partial charge in [-0.3, -0.25) is 4.79 Å². The normalized spacial score (nSPS) is 10.3. The van der Waals surface area contributed by atoms with Crippen molar-refractivity contribution < 1.29 is 4.79 Å². The molecule has 0 aliphatic rings. The number of rotatable bonds is 5. The van der Waals surface area contributed by atoms with Gasteiger partial charge in [-0.15, -0.1) is 0 Å². The van der Waals surface area contributed by atoms with Gasteiger partial charge < -0.3 is 9.88 Å². The van der Waals surface area contributed by atoms with E-state index >= 15 is 0 Å². The number of hydrogen-bond acceptors (Lipinski definition) is 2. The second-order valence-corrected chi connectivity index (χ2v) is 4.25. The lowest BCUT2D eigenvalue weighted by Crippen LogP contribution is -2.28. The van der Waals surface area contributed by atoms with Crippen LogP contribution in [-0.4, -0.2) is 22.0 Å². The second-order valence-electron chi connectivity index (χ2n) is 4.25. The zero-order chi connectivity index (χ0) is 12.8. The SMILES string of the molecule is Cc1ccccc1CC(=O)NCCn1ccnc1. The van der Waals surface area contributed by atoms with Crippen LogP contribution in [0, 0.1) is 6.92 Å². The van der Waals surface area contributed by atoms with Gasteiger partial charge in [-0.25, -0.2) is 4.98 Å². The van der Waals surface area contributed by atoms with Crippen molar-refractivity contribution in [3.8, 4) is 0 Å². The van der Waals surface area contributed by atoms with Gasteiger partial charge in [0.25, 0.3) is 0 Å². The lowest BCUT2D eigenvalue weighted by atomic mass is 10.1. The van der Waals surface area contributed by atoms with E-state index in [1.54, 1.807) is 12.5 Å². The van der Waals surface area contributed by atoms with Crippen molar-refractivity contribution in [2.24, 2.45) is 0 Å². The molecule has 18 heavy (non-hydrogen) atoms. The van der Waals surface area contributed by atoms with E-state index in [-0.39, 0.29) is 5.91 Å². The van der Waals surface area contributed by atoms with Crippen LogP contribution in [0.25, 0.3) is 0 Å². The molecule has 2 rings (SSSR count). The molecule has 0 aliphatic carbocycles. The maximum Gasteiger partial charge on any atom is 0.224 e. The first-order valence-electron chi connectivity index (χ1n) is 6.02. The Hall–Kier alpha value is -2.10. The molecule has 1 aromatic carbocycles. The van der Waals surface area contributed by atoms with Gasteiger partial charge >= 0.3 is 0 Å². The van der Waals surface area contributed by atoms with E-state index in [2.05, 4.69) is 10.3 Å². The summed E-state index contributed by atoms with van der Waals surface area (Å²) in [6.45, 7) is 3.40. The summed E-state index contributed by atoms with van der Waals surface area (Å²) in [6, 6.07) is 7.95. The second kappa shape index (κ2) is 6.00. The van der Waals surface area contributed by atoms with Crippen LogP contribution in [0.2, 0.25) is 0 Å². The highest BCUT2D eigenvalue weighted by atomic mass is 16.1. The lowest BCUT2D eigenvalue weighted by Gasteiger charge is -2.07. The number of carbonyl (C=O) groups excluding carboxylic acids is 1. The Morgan fingerprint density at radius 3 is 2.94 bits per heavy atom. The number of aromatic nitrogens is 2. The van der Waals surface area contributed by atoms with E-state index < -0.39 is 0 Å².